The van der Waals surface area contributed by atoms with E-state index < -0.39 is 5.60 Å². The third-order valence-electron chi connectivity index (χ3n) is 4.93. The first-order valence-corrected chi connectivity index (χ1v) is 10.2. The Hall–Kier alpha value is -2.55. The van der Waals surface area contributed by atoms with Gasteiger partial charge in [0.05, 0.1) is 16.8 Å². The number of halogens is 1. The Morgan fingerprint density at radius 1 is 1.38 bits per heavy atom. The molecule has 152 valence electrons. The molecule has 4 rings (SSSR count). The number of nitrogens with zero attached hydrogens (tertiary/aromatic N) is 2. The lowest BCUT2D eigenvalue weighted by molar-refractivity contribution is -0.123. The molecule has 1 fully saturated rings. The average Bonchev–Trinajstić information content (AvgIpc) is 3.05. The topological polar surface area (TPSA) is 74.7 Å². The van der Waals surface area contributed by atoms with Gasteiger partial charge in [-0.05, 0) is 43.7 Å². The van der Waals surface area contributed by atoms with Crippen LogP contribution in [-0.4, -0.2) is 52.2 Å². The Morgan fingerprint density at radius 3 is 2.93 bits per heavy atom. The molecule has 8 heteroatoms. The fourth-order valence-electron chi connectivity index (χ4n) is 3.54. The number of piperidine rings is 1. The first-order chi connectivity index (χ1) is 13.9. The maximum atomic E-state index is 13.3. The normalized spacial score (nSPS) is 22.5. The molecule has 1 aliphatic heterocycles. The van der Waals surface area contributed by atoms with Gasteiger partial charge in [-0.15, -0.1) is 0 Å². The largest absolute Gasteiger partial charge is 0.487 e. The number of aromatic nitrogens is 1. The summed E-state index contributed by atoms with van der Waals surface area (Å²) in [4.78, 5) is 18.6. The third-order valence-corrected chi connectivity index (χ3v) is 5.86. The van der Waals surface area contributed by atoms with Crippen LogP contribution in [0.25, 0.3) is 10.2 Å². The van der Waals surface area contributed by atoms with Crippen LogP contribution in [0.2, 0.25) is 0 Å². The second-order valence-electron chi connectivity index (χ2n) is 7.46. The standard InChI is InChI=1S/C21H22FN3O3S/c1-21(27)13-25(10-9-18(21)28-15-5-3-2-4-6-15)12-19(26)24-20-23-16-8-7-14(22)11-17(16)29-20/h2-8,11,18,27H,9-10,12-13H2,1H3,(H,23,24,26)/t18-,21-/m0/s1. The van der Waals surface area contributed by atoms with Crippen LogP contribution in [0.4, 0.5) is 9.52 Å². The third kappa shape index (κ3) is 4.72. The van der Waals surface area contributed by atoms with E-state index in [1.54, 1.807) is 13.0 Å². The maximum absolute atomic E-state index is 13.3. The number of β-amino-alcohol motifs (C(OH)–C–C–N with tert-alkyl or cyclic N) is 1. The van der Waals surface area contributed by atoms with Crippen LogP contribution >= 0.6 is 11.3 Å². The zero-order valence-electron chi connectivity index (χ0n) is 16.0. The van der Waals surface area contributed by atoms with Crippen LogP contribution in [0.15, 0.2) is 48.5 Å². The molecule has 1 amide bonds. The summed E-state index contributed by atoms with van der Waals surface area (Å²) in [5, 5.41) is 14.0. The van der Waals surface area contributed by atoms with Gasteiger partial charge >= 0.3 is 0 Å². The number of nitrogens with one attached hydrogen (secondary N) is 1. The van der Waals surface area contributed by atoms with Crippen LogP contribution in [0.5, 0.6) is 5.75 Å². The van der Waals surface area contributed by atoms with Crippen LogP contribution in [0.3, 0.4) is 0 Å². The molecule has 2 aromatic carbocycles. The molecule has 0 aliphatic carbocycles. The molecular weight excluding hydrogens is 393 g/mol. The first-order valence-electron chi connectivity index (χ1n) is 9.41. The number of aliphatic hydroxyl groups is 1. The Labute approximate surface area is 171 Å². The van der Waals surface area contributed by atoms with E-state index in [1.807, 2.05) is 35.2 Å². The molecule has 1 saturated heterocycles. The highest BCUT2D eigenvalue weighted by Crippen LogP contribution is 2.28. The average molecular weight is 415 g/mol. The van der Waals surface area contributed by atoms with Crippen LogP contribution in [-0.2, 0) is 4.79 Å². The van der Waals surface area contributed by atoms with Gasteiger partial charge in [0.1, 0.15) is 23.3 Å². The highest BCUT2D eigenvalue weighted by Gasteiger charge is 2.40. The summed E-state index contributed by atoms with van der Waals surface area (Å²) in [5.41, 5.74) is -0.435. The fourth-order valence-corrected chi connectivity index (χ4v) is 4.45. The van der Waals surface area contributed by atoms with E-state index >= 15 is 0 Å². The number of carbonyl (C=O) groups is 1. The second kappa shape index (κ2) is 8.06. The summed E-state index contributed by atoms with van der Waals surface area (Å²) < 4.78 is 19.9. The number of para-hydroxylation sites is 1. The van der Waals surface area contributed by atoms with Gasteiger partial charge in [-0.2, -0.15) is 0 Å². The smallest absolute Gasteiger partial charge is 0.240 e. The van der Waals surface area contributed by atoms with E-state index in [9.17, 15) is 14.3 Å². The molecule has 0 unspecified atom stereocenters. The van der Waals surface area contributed by atoms with Gasteiger partial charge < -0.3 is 15.2 Å². The number of anilines is 1. The van der Waals surface area contributed by atoms with Crippen molar-refractivity contribution in [2.75, 3.05) is 25.0 Å². The summed E-state index contributed by atoms with van der Waals surface area (Å²) in [5.74, 6) is 0.167. The molecule has 3 aromatic rings. The Kier molecular flexibility index (Phi) is 5.49. The van der Waals surface area contributed by atoms with E-state index in [1.165, 1.54) is 23.5 Å². The van der Waals surface area contributed by atoms with Gasteiger partial charge in [0, 0.05) is 13.1 Å². The van der Waals surface area contributed by atoms with Crippen LogP contribution < -0.4 is 10.1 Å². The minimum Gasteiger partial charge on any atom is -0.487 e. The molecule has 1 aliphatic rings. The zero-order chi connectivity index (χ0) is 20.4. The number of hydrogen-bond acceptors (Lipinski definition) is 6. The summed E-state index contributed by atoms with van der Waals surface area (Å²) >= 11 is 1.23. The number of fused-ring (bicyclic) bond motifs is 1. The second-order valence-corrected chi connectivity index (χ2v) is 8.49. The molecule has 1 aromatic heterocycles. The van der Waals surface area contributed by atoms with Crippen molar-refractivity contribution in [3.05, 3.63) is 54.3 Å². The quantitative estimate of drug-likeness (QED) is 0.669. The van der Waals surface area contributed by atoms with Crippen LogP contribution in [0, 0.1) is 5.82 Å². The maximum Gasteiger partial charge on any atom is 0.240 e. The predicted molar refractivity (Wildman–Crippen MR) is 111 cm³/mol. The van der Waals surface area contributed by atoms with Crippen LogP contribution in [0.1, 0.15) is 13.3 Å². The van der Waals surface area contributed by atoms with Crippen molar-refractivity contribution < 1.29 is 19.0 Å². The highest BCUT2D eigenvalue weighted by atomic mass is 32.1. The van der Waals surface area contributed by atoms with E-state index in [2.05, 4.69) is 10.3 Å². The van der Waals surface area contributed by atoms with Gasteiger partial charge in [-0.25, -0.2) is 9.37 Å². The zero-order valence-corrected chi connectivity index (χ0v) is 16.8. The van der Waals surface area contributed by atoms with E-state index in [4.69, 9.17) is 4.74 Å². The minimum absolute atomic E-state index is 0.137. The molecule has 6 nitrogen and oxygen atoms in total. The molecule has 29 heavy (non-hydrogen) atoms. The summed E-state index contributed by atoms with van der Waals surface area (Å²) in [6, 6.07) is 13.7. The fraction of sp³-hybridized carbons (Fsp3) is 0.333. The van der Waals surface area contributed by atoms with Crippen molar-refractivity contribution >= 4 is 32.6 Å². The van der Waals surface area contributed by atoms with Crippen molar-refractivity contribution in [2.24, 2.45) is 0 Å². The monoisotopic (exact) mass is 415 g/mol. The SMILES string of the molecule is C[C@]1(O)CN(CC(=O)Nc2nc3ccc(F)cc3s2)CC[C@@H]1Oc1ccccc1. The van der Waals surface area contributed by atoms with Crippen molar-refractivity contribution in [1.82, 2.24) is 9.88 Å². The number of amides is 1. The minimum atomic E-state index is -1.08. The van der Waals surface area contributed by atoms with E-state index in [0.717, 1.165) is 5.75 Å². The van der Waals surface area contributed by atoms with Crippen molar-refractivity contribution in [2.45, 2.75) is 25.0 Å². The lowest BCUT2D eigenvalue weighted by Crippen LogP contribution is -2.58. The number of carbonyl (C=O) groups excluding carboxylic acids is 1. The molecule has 2 N–H and O–H groups in total. The number of hydrogen-bond donors (Lipinski definition) is 2. The van der Waals surface area contributed by atoms with Gasteiger partial charge in [-0.1, -0.05) is 29.5 Å². The van der Waals surface area contributed by atoms with Crippen molar-refractivity contribution in [1.29, 1.82) is 0 Å². The summed E-state index contributed by atoms with van der Waals surface area (Å²) in [6.07, 6.45) is 0.263. The van der Waals surface area contributed by atoms with Crippen molar-refractivity contribution in [3.8, 4) is 5.75 Å². The number of benzene rings is 2. The number of likely N-dealkylation sites (tertiary alicyclic amines) is 1. The Morgan fingerprint density at radius 2 is 2.17 bits per heavy atom. The van der Waals surface area contributed by atoms with Gasteiger partial charge in [0.15, 0.2) is 5.13 Å². The van der Waals surface area contributed by atoms with E-state index in [0.29, 0.717) is 34.9 Å². The lowest BCUT2D eigenvalue weighted by Gasteiger charge is -2.42. The molecule has 0 saturated carbocycles. The van der Waals surface area contributed by atoms with E-state index in [-0.39, 0.29) is 24.4 Å². The Balaban J connectivity index is 1.34. The van der Waals surface area contributed by atoms with Gasteiger partial charge in [0.2, 0.25) is 5.91 Å². The molecule has 2 heterocycles. The molecule has 0 radical (unpaired) electrons. The lowest BCUT2D eigenvalue weighted by atomic mass is 9.91. The predicted octanol–water partition coefficient (Wildman–Crippen LogP) is 3.28. The first kappa shape index (κ1) is 19.8. The molecular formula is C21H22FN3O3S. The van der Waals surface area contributed by atoms with Gasteiger partial charge in [-0.3, -0.25) is 9.69 Å². The molecule has 0 bridgehead atoms. The van der Waals surface area contributed by atoms with Crippen molar-refractivity contribution in [3.63, 3.8) is 0 Å². The number of ether oxygens (including phenoxy) is 1. The molecule has 2 atom stereocenters. The Bertz CT molecular complexity index is 1010. The summed E-state index contributed by atoms with van der Waals surface area (Å²) in [7, 11) is 0. The molecule has 0 spiro atoms. The summed E-state index contributed by atoms with van der Waals surface area (Å²) in [6.45, 7) is 2.82. The highest BCUT2D eigenvalue weighted by molar-refractivity contribution is 7.22. The number of rotatable bonds is 5. The van der Waals surface area contributed by atoms with Gasteiger partial charge in [0.25, 0.3) is 0 Å². The number of thiazole rings is 1.